The van der Waals surface area contributed by atoms with Crippen molar-refractivity contribution in [3.8, 4) is 5.75 Å². The van der Waals surface area contributed by atoms with Gasteiger partial charge < -0.3 is 10.1 Å². The molecule has 0 saturated carbocycles. The van der Waals surface area contributed by atoms with Gasteiger partial charge in [0, 0.05) is 6.54 Å². The highest BCUT2D eigenvalue weighted by molar-refractivity contribution is 5.81. The molecule has 2 aromatic rings. The lowest BCUT2D eigenvalue weighted by atomic mass is 10.1. The Kier molecular flexibility index (Phi) is 7.24. The Labute approximate surface area is 156 Å². The number of halogens is 3. The van der Waals surface area contributed by atoms with E-state index in [0.717, 1.165) is 11.1 Å². The van der Waals surface area contributed by atoms with Crippen LogP contribution in [0, 0.1) is 5.82 Å². The molecule has 2 rings (SSSR count). The second kappa shape index (κ2) is 9.41. The third kappa shape index (κ3) is 6.29. The van der Waals surface area contributed by atoms with E-state index in [1.807, 2.05) is 6.92 Å². The van der Waals surface area contributed by atoms with Crippen LogP contribution in [0.5, 0.6) is 5.75 Å². The lowest BCUT2D eigenvalue weighted by Gasteiger charge is -2.26. The van der Waals surface area contributed by atoms with Crippen molar-refractivity contribution in [2.45, 2.75) is 39.1 Å². The van der Waals surface area contributed by atoms with Crippen LogP contribution in [0.1, 0.15) is 31.0 Å². The minimum atomic E-state index is -2.88. The Morgan fingerprint density at radius 1 is 1.15 bits per heavy atom. The van der Waals surface area contributed by atoms with Gasteiger partial charge >= 0.3 is 6.61 Å². The molecule has 0 aromatic heterocycles. The molecule has 0 saturated heterocycles. The van der Waals surface area contributed by atoms with Crippen molar-refractivity contribution in [3.05, 3.63) is 65.5 Å². The zero-order valence-corrected chi connectivity index (χ0v) is 15.5. The van der Waals surface area contributed by atoms with E-state index in [1.54, 1.807) is 43.1 Å². The molecule has 146 valence electrons. The van der Waals surface area contributed by atoms with Crippen LogP contribution in [-0.2, 0) is 11.3 Å². The maximum absolute atomic E-state index is 13.0. The van der Waals surface area contributed by atoms with E-state index >= 15 is 0 Å². The first-order valence-electron chi connectivity index (χ1n) is 8.56. The molecule has 0 aliphatic rings. The molecule has 0 aliphatic carbocycles. The molecule has 27 heavy (non-hydrogen) atoms. The fraction of sp³-hybridized carbons (Fsp3) is 0.350. The highest BCUT2D eigenvalue weighted by Crippen LogP contribution is 2.18. The average molecular weight is 380 g/mol. The summed E-state index contributed by atoms with van der Waals surface area (Å²) in [5, 5.41) is 2.89. The van der Waals surface area contributed by atoms with Gasteiger partial charge in [-0.15, -0.1) is 0 Å². The van der Waals surface area contributed by atoms with E-state index in [9.17, 15) is 18.0 Å². The van der Waals surface area contributed by atoms with Gasteiger partial charge in [-0.2, -0.15) is 8.78 Å². The van der Waals surface area contributed by atoms with Crippen LogP contribution in [0.4, 0.5) is 13.2 Å². The fourth-order valence-corrected chi connectivity index (χ4v) is 2.61. The maximum atomic E-state index is 13.0. The SMILES string of the molecule is CC(NC(=O)C(C)N(C)Cc1cccc(OC(F)F)c1)c1ccc(F)cc1. The third-order valence-corrected chi connectivity index (χ3v) is 4.32. The topological polar surface area (TPSA) is 41.6 Å². The number of hydrogen-bond acceptors (Lipinski definition) is 3. The number of benzene rings is 2. The summed E-state index contributed by atoms with van der Waals surface area (Å²) >= 11 is 0. The first-order chi connectivity index (χ1) is 12.8. The number of nitrogens with one attached hydrogen (secondary N) is 1. The number of amides is 1. The lowest BCUT2D eigenvalue weighted by molar-refractivity contribution is -0.126. The standard InChI is InChI=1S/C20H23F3N2O2/c1-13(16-7-9-17(21)10-8-16)24-19(26)14(2)25(3)12-15-5-4-6-18(11-15)27-20(22)23/h4-11,13-14,20H,12H2,1-3H3,(H,24,26). The first kappa shape index (κ1) is 20.8. The van der Waals surface area contributed by atoms with Gasteiger partial charge in [-0.25, -0.2) is 4.39 Å². The van der Waals surface area contributed by atoms with Crippen molar-refractivity contribution in [3.63, 3.8) is 0 Å². The summed E-state index contributed by atoms with van der Waals surface area (Å²) in [7, 11) is 1.77. The second-order valence-electron chi connectivity index (χ2n) is 6.40. The van der Waals surface area contributed by atoms with Gasteiger partial charge in [-0.3, -0.25) is 9.69 Å². The molecule has 2 unspecified atom stereocenters. The minimum Gasteiger partial charge on any atom is -0.435 e. The van der Waals surface area contributed by atoms with Crippen molar-refractivity contribution in [2.24, 2.45) is 0 Å². The Hall–Kier alpha value is -2.54. The molecule has 0 fully saturated rings. The summed E-state index contributed by atoms with van der Waals surface area (Å²) in [6.07, 6.45) is 0. The predicted molar refractivity (Wildman–Crippen MR) is 97.0 cm³/mol. The lowest BCUT2D eigenvalue weighted by Crippen LogP contribution is -2.43. The van der Waals surface area contributed by atoms with E-state index in [1.165, 1.54) is 24.3 Å². The molecular formula is C20H23F3N2O2. The van der Waals surface area contributed by atoms with E-state index < -0.39 is 12.7 Å². The van der Waals surface area contributed by atoms with Crippen LogP contribution in [-0.4, -0.2) is 30.5 Å². The van der Waals surface area contributed by atoms with Crippen molar-refractivity contribution in [1.29, 1.82) is 0 Å². The monoisotopic (exact) mass is 380 g/mol. The number of ether oxygens (including phenoxy) is 1. The highest BCUT2D eigenvalue weighted by Gasteiger charge is 2.20. The molecule has 2 atom stereocenters. The number of likely N-dealkylation sites (N-methyl/N-ethyl adjacent to an activating group) is 1. The van der Waals surface area contributed by atoms with Gasteiger partial charge in [-0.05, 0) is 56.3 Å². The molecule has 7 heteroatoms. The van der Waals surface area contributed by atoms with E-state index in [-0.39, 0.29) is 23.5 Å². The highest BCUT2D eigenvalue weighted by atomic mass is 19.3. The maximum Gasteiger partial charge on any atom is 0.387 e. The first-order valence-corrected chi connectivity index (χ1v) is 8.56. The van der Waals surface area contributed by atoms with Crippen LogP contribution in [0.15, 0.2) is 48.5 Å². The van der Waals surface area contributed by atoms with Crippen molar-refractivity contribution in [2.75, 3.05) is 7.05 Å². The third-order valence-electron chi connectivity index (χ3n) is 4.32. The summed E-state index contributed by atoms with van der Waals surface area (Å²) in [6.45, 7) is 1.09. The predicted octanol–water partition coefficient (Wildman–Crippen LogP) is 4.12. The van der Waals surface area contributed by atoms with Gasteiger partial charge in [0.25, 0.3) is 0 Å². The summed E-state index contributed by atoms with van der Waals surface area (Å²) in [4.78, 5) is 14.3. The summed E-state index contributed by atoms with van der Waals surface area (Å²) < 4.78 is 42.1. The zero-order chi connectivity index (χ0) is 20.0. The quantitative estimate of drug-likeness (QED) is 0.749. The van der Waals surface area contributed by atoms with Crippen molar-refractivity contribution >= 4 is 5.91 Å². The molecule has 0 bridgehead atoms. The number of hydrogen-bond donors (Lipinski definition) is 1. The Bertz CT molecular complexity index is 753. The molecule has 1 N–H and O–H groups in total. The van der Waals surface area contributed by atoms with Crippen molar-refractivity contribution in [1.82, 2.24) is 10.2 Å². The molecule has 0 aliphatic heterocycles. The van der Waals surface area contributed by atoms with Gasteiger partial charge in [0.15, 0.2) is 0 Å². The minimum absolute atomic E-state index is 0.0814. The molecule has 0 radical (unpaired) electrons. The Morgan fingerprint density at radius 2 is 1.81 bits per heavy atom. The number of alkyl halides is 2. The van der Waals surface area contributed by atoms with Crippen LogP contribution in [0.25, 0.3) is 0 Å². The number of rotatable bonds is 8. The summed E-state index contributed by atoms with van der Waals surface area (Å²) in [5.74, 6) is -0.435. The molecule has 0 heterocycles. The summed E-state index contributed by atoms with van der Waals surface area (Å²) in [5.41, 5.74) is 1.55. The van der Waals surface area contributed by atoms with E-state index in [0.29, 0.717) is 6.54 Å². The number of nitrogens with zero attached hydrogens (tertiary/aromatic N) is 1. The van der Waals surface area contributed by atoms with Gasteiger partial charge in [0.05, 0.1) is 12.1 Å². The smallest absolute Gasteiger partial charge is 0.387 e. The van der Waals surface area contributed by atoms with Crippen molar-refractivity contribution < 1.29 is 22.7 Å². The molecule has 4 nitrogen and oxygen atoms in total. The normalized spacial score (nSPS) is 13.5. The number of carbonyl (C=O) groups excluding carboxylic acids is 1. The van der Waals surface area contributed by atoms with Crippen LogP contribution in [0.2, 0.25) is 0 Å². The van der Waals surface area contributed by atoms with Gasteiger partial charge in [-0.1, -0.05) is 24.3 Å². The van der Waals surface area contributed by atoms with Crippen LogP contribution < -0.4 is 10.1 Å². The number of carbonyl (C=O) groups is 1. The molecular weight excluding hydrogens is 357 g/mol. The Morgan fingerprint density at radius 3 is 2.44 bits per heavy atom. The average Bonchev–Trinajstić information content (AvgIpc) is 2.61. The van der Waals surface area contributed by atoms with Gasteiger partial charge in [0.1, 0.15) is 11.6 Å². The molecule has 2 aromatic carbocycles. The second-order valence-corrected chi connectivity index (χ2v) is 6.40. The largest absolute Gasteiger partial charge is 0.435 e. The fourth-order valence-electron chi connectivity index (χ4n) is 2.61. The zero-order valence-electron chi connectivity index (χ0n) is 15.5. The van der Waals surface area contributed by atoms with Crippen LogP contribution >= 0.6 is 0 Å². The van der Waals surface area contributed by atoms with Crippen LogP contribution in [0.3, 0.4) is 0 Å². The molecule has 0 spiro atoms. The molecule has 1 amide bonds. The van der Waals surface area contributed by atoms with E-state index in [2.05, 4.69) is 10.1 Å². The van der Waals surface area contributed by atoms with E-state index in [4.69, 9.17) is 0 Å². The summed E-state index contributed by atoms with van der Waals surface area (Å²) in [6, 6.07) is 11.6. The Balaban J connectivity index is 1.94. The van der Waals surface area contributed by atoms with Gasteiger partial charge in [0.2, 0.25) is 5.91 Å².